The van der Waals surface area contributed by atoms with E-state index in [1.54, 1.807) is 6.20 Å². The molecule has 27 heavy (non-hydrogen) atoms. The van der Waals surface area contributed by atoms with Crippen LogP contribution in [0.3, 0.4) is 0 Å². The van der Waals surface area contributed by atoms with Crippen LogP contribution in [0, 0.1) is 0 Å². The van der Waals surface area contributed by atoms with E-state index < -0.39 is 18.8 Å². The second kappa shape index (κ2) is 6.44. The lowest BCUT2D eigenvalue weighted by Crippen LogP contribution is -2.35. The van der Waals surface area contributed by atoms with Gasteiger partial charge in [0.05, 0.1) is 12.1 Å². The van der Waals surface area contributed by atoms with Gasteiger partial charge in [-0.25, -0.2) is 14.2 Å². The van der Waals surface area contributed by atoms with Gasteiger partial charge < -0.3 is 18.9 Å². The molecule has 1 amide bonds. The van der Waals surface area contributed by atoms with Gasteiger partial charge in [0.25, 0.3) is 0 Å². The van der Waals surface area contributed by atoms with E-state index in [9.17, 15) is 9.18 Å². The zero-order chi connectivity index (χ0) is 18.4. The fraction of sp³-hybridized carbons (Fsp3) is 0.474. The highest BCUT2D eigenvalue weighted by Gasteiger charge is 2.36. The third-order valence-corrected chi connectivity index (χ3v) is 5.42. The highest BCUT2D eigenvalue weighted by atomic mass is 19.1. The van der Waals surface area contributed by atoms with Crippen molar-refractivity contribution in [3.63, 3.8) is 0 Å². The van der Waals surface area contributed by atoms with Crippen LogP contribution in [-0.2, 0) is 11.3 Å². The van der Waals surface area contributed by atoms with E-state index in [2.05, 4.69) is 22.0 Å². The molecule has 0 saturated carbocycles. The molecule has 1 unspecified atom stereocenters. The van der Waals surface area contributed by atoms with Gasteiger partial charge in [0, 0.05) is 31.0 Å². The fourth-order valence-electron chi connectivity index (χ4n) is 4.00. The summed E-state index contributed by atoms with van der Waals surface area (Å²) >= 11 is 0. The van der Waals surface area contributed by atoms with Crippen molar-refractivity contribution in [1.29, 1.82) is 0 Å². The largest absolute Gasteiger partial charge is 0.491 e. The van der Waals surface area contributed by atoms with E-state index in [0.717, 1.165) is 35.9 Å². The van der Waals surface area contributed by atoms with Crippen molar-refractivity contribution in [1.82, 2.24) is 9.55 Å². The highest BCUT2D eigenvalue weighted by Crippen LogP contribution is 2.37. The number of aromatic nitrogens is 2. The number of fused-ring (bicyclic) bond motifs is 3. The van der Waals surface area contributed by atoms with E-state index in [1.165, 1.54) is 17.7 Å². The molecule has 4 heterocycles. The van der Waals surface area contributed by atoms with Gasteiger partial charge in [-0.1, -0.05) is 0 Å². The van der Waals surface area contributed by atoms with E-state index in [-0.39, 0.29) is 6.61 Å². The number of carbonyl (C=O) groups excluding carboxylic acids is 1. The van der Waals surface area contributed by atoms with Crippen molar-refractivity contribution in [3.05, 3.63) is 24.4 Å². The quantitative estimate of drug-likeness (QED) is 0.829. The Bertz CT molecular complexity index is 878. The molecule has 1 aromatic carbocycles. The molecule has 2 aromatic rings. The van der Waals surface area contributed by atoms with E-state index in [4.69, 9.17) is 9.47 Å². The van der Waals surface area contributed by atoms with Gasteiger partial charge in [-0.15, -0.1) is 0 Å². The SMILES string of the molecule is O=C1OCC(CF)N1c1cn2c(n1)-c1ccc(N3CCCC3)cc1OCC2. The van der Waals surface area contributed by atoms with Crippen LogP contribution >= 0.6 is 0 Å². The maximum Gasteiger partial charge on any atom is 0.416 e. The number of anilines is 2. The molecule has 0 radical (unpaired) electrons. The van der Waals surface area contributed by atoms with Gasteiger partial charge in [0.1, 0.15) is 37.5 Å². The number of benzene rings is 1. The molecule has 7 nitrogen and oxygen atoms in total. The maximum atomic E-state index is 13.3. The van der Waals surface area contributed by atoms with Crippen molar-refractivity contribution < 1.29 is 18.7 Å². The second-order valence-corrected chi connectivity index (χ2v) is 7.09. The van der Waals surface area contributed by atoms with Crippen LogP contribution in [0.25, 0.3) is 11.4 Å². The summed E-state index contributed by atoms with van der Waals surface area (Å²) in [6.07, 6.45) is 3.66. The van der Waals surface area contributed by atoms with Gasteiger partial charge in [0.2, 0.25) is 0 Å². The number of cyclic esters (lactones) is 1. The van der Waals surface area contributed by atoms with Gasteiger partial charge in [-0.3, -0.25) is 4.90 Å². The van der Waals surface area contributed by atoms with Crippen LogP contribution in [0.2, 0.25) is 0 Å². The fourth-order valence-corrected chi connectivity index (χ4v) is 4.00. The minimum absolute atomic E-state index is 0.0520. The predicted octanol–water partition coefficient (Wildman–Crippen LogP) is 2.84. The summed E-state index contributed by atoms with van der Waals surface area (Å²) in [7, 11) is 0. The van der Waals surface area contributed by atoms with E-state index >= 15 is 0 Å². The third-order valence-electron chi connectivity index (χ3n) is 5.42. The summed E-state index contributed by atoms with van der Waals surface area (Å²) in [5.74, 6) is 1.94. The Morgan fingerprint density at radius 3 is 2.85 bits per heavy atom. The molecule has 1 aromatic heterocycles. The normalized spacial score (nSPS) is 21.5. The summed E-state index contributed by atoms with van der Waals surface area (Å²) in [5, 5.41) is 0. The molecule has 2 saturated heterocycles. The number of hydrogen-bond acceptors (Lipinski definition) is 5. The lowest BCUT2D eigenvalue weighted by molar-refractivity contribution is 0.177. The standard InChI is InChI=1S/C19H21FN4O3/c20-10-14-12-27-19(25)24(14)17-11-23-7-8-26-16-9-13(22-5-1-2-6-22)3-4-15(16)18(23)21-17/h3-4,9,11,14H,1-2,5-8,10,12H2. The summed E-state index contributed by atoms with van der Waals surface area (Å²) in [5.41, 5.74) is 2.04. The number of imidazole rings is 1. The average Bonchev–Trinajstić information content (AvgIpc) is 3.40. The number of alkyl halides is 1. The molecule has 0 aliphatic carbocycles. The molecule has 142 valence electrons. The summed E-state index contributed by atoms with van der Waals surface area (Å²) in [6, 6.07) is 5.56. The Labute approximate surface area is 156 Å². The molecule has 8 heteroatoms. The molecule has 5 rings (SSSR count). The minimum Gasteiger partial charge on any atom is -0.491 e. The van der Waals surface area contributed by atoms with Crippen LogP contribution in [0.5, 0.6) is 5.75 Å². The number of halogens is 1. The lowest BCUT2D eigenvalue weighted by atomic mass is 10.1. The Hall–Kier alpha value is -2.77. The number of rotatable bonds is 3. The van der Waals surface area contributed by atoms with Gasteiger partial charge in [-0.2, -0.15) is 0 Å². The number of ether oxygens (including phenoxy) is 2. The first-order valence-electron chi connectivity index (χ1n) is 9.36. The summed E-state index contributed by atoms with van der Waals surface area (Å²) in [4.78, 5) is 20.3. The Kier molecular flexibility index (Phi) is 3.91. The van der Waals surface area contributed by atoms with Crippen LogP contribution in [0.4, 0.5) is 20.7 Å². The zero-order valence-corrected chi connectivity index (χ0v) is 14.9. The first-order valence-corrected chi connectivity index (χ1v) is 9.36. The second-order valence-electron chi connectivity index (χ2n) is 7.09. The number of carbonyl (C=O) groups is 1. The highest BCUT2D eigenvalue weighted by molar-refractivity contribution is 5.89. The summed E-state index contributed by atoms with van der Waals surface area (Å²) < 4.78 is 26.2. The third kappa shape index (κ3) is 2.70. The van der Waals surface area contributed by atoms with Crippen LogP contribution in [0.1, 0.15) is 12.8 Å². The molecule has 0 spiro atoms. The van der Waals surface area contributed by atoms with Crippen LogP contribution in [-0.4, -0.2) is 54.7 Å². The zero-order valence-electron chi connectivity index (χ0n) is 14.9. The smallest absolute Gasteiger partial charge is 0.416 e. The van der Waals surface area contributed by atoms with Gasteiger partial charge in [0.15, 0.2) is 5.82 Å². The average molecular weight is 372 g/mol. The van der Waals surface area contributed by atoms with E-state index in [1.807, 2.05) is 10.6 Å². The first-order chi connectivity index (χ1) is 13.2. The van der Waals surface area contributed by atoms with Gasteiger partial charge >= 0.3 is 6.09 Å². The number of hydrogen-bond donors (Lipinski definition) is 0. The lowest BCUT2D eigenvalue weighted by Gasteiger charge is -2.19. The van der Waals surface area contributed by atoms with E-state index in [0.29, 0.717) is 19.0 Å². The monoisotopic (exact) mass is 372 g/mol. The molecule has 1 atom stereocenters. The van der Waals surface area contributed by atoms with Gasteiger partial charge in [-0.05, 0) is 25.0 Å². The molecule has 3 aliphatic rings. The van der Waals surface area contributed by atoms with Crippen molar-refractivity contribution in [2.45, 2.75) is 25.4 Å². The first kappa shape index (κ1) is 16.4. The Balaban J connectivity index is 1.53. The topological polar surface area (TPSA) is 59.8 Å². The van der Waals surface area contributed by atoms with Crippen LogP contribution < -0.4 is 14.5 Å². The Morgan fingerprint density at radius 2 is 2.04 bits per heavy atom. The predicted molar refractivity (Wildman–Crippen MR) is 98.2 cm³/mol. The molecular formula is C19H21FN4O3. The number of amides is 1. The molecule has 0 N–H and O–H groups in total. The van der Waals surface area contributed by atoms with Crippen molar-refractivity contribution in [2.24, 2.45) is 0 Å². The maximum absolute atomic E-state index is 13.3. The van der Waals surface area contributed by atoms with Crippen molar-refractivity contribution >= 4 is 17.6 Å². The molecule has 2 fully saturated rings. The van der Waals surface area contributed by atoms with Crippen LogP contribution in [0.15, 0.2) is 24.4 Å². The molecule has 3 aliphatic heterocycles. The van der Waals surface area contributed by atoms with Crippen molar-refractivity contribution in [2.75, 3.05) is 42.8 Å². The minimum atomic E-state index is -0.660. The Morgan fingerprint density at radius 1 is 1.19 bits per heavy atom. The van der Waals surface area contributed by atoms with Crippen molar-refractivity contribution in [3.8, 4) is 17.1 Å². The number of nitrogens with zero attached hydrogens (tertiary/aromatic N) is 4. The summed E-state index contributed by atoms with van der Waals surface area (Å²) in [6.45, 7) is 2.65. The molecular weight excluding hydrogens is 351 g/mol. The molecule has 0 bridgehead atoms.